The van der Waals surface area contributed by atoms with Crippen molar-refractivity contribution in [1.29, 1.82) is 0 Å². The number of carbonyl (C=O) groups is 1. The number of hydrogen-bond donors (Lipinski definition) is 1. The molecule has 20 heavy (non-hydrogen) atoms. The molecule has 1 amide bonds. The van der Waals surface area contributed by atoms with Crippen LogP contribution >= 0.6 is 11.8 Å². The molecule has 0 unspecified atom stereocenters. The van der Waals surface area contributed by atoms with E-state index in [2.05, 4.69) is 5.32 Å². The second-order valence-electron chi connectivity index (χ2n) is 4.86. The van der Waals surface area contributed by atoms with Gasteiger partial charge >= 0.3 is 0 Å². The SMILES string of the molecule is CNCCCN1C(=O)[C@@H](C)S[C@H]1c1ccccc1OC. The quantitative estimate of drug-likeness (QED) is 0.817. The Morgan fingerprint density at radius 2 is 2.15 bits per heavy atom. The van der Waals surface area contributed by atoms with Crippen molar-refractivity contribution in [3.63, 3.8) is 0 Å². The lowest BCUT2D eigenvalue weighted by Crippen LogP contribution is -2.32. The fourth-order valence-electron chi connectivity index (χ4n) is 2.44. The third kappa shape index (κ3) is 3.10. The zero-order valence-corrected chi connectivity index (χ0v) is 13.1. The van der Waals surface area contributed by atoms with Crippen molar-refractivity contribution < 1.29 is 9.53 Å². The van der Waals surface area contributed by atoms with Gasteiger partial charge in [0.15, 0.2) is 0 Å². The van der Waals surface area contributed by atoms with Gasteiger partial charge in [-0.05, 0) is 33.0 Å². The third-order valence-corrected chi connectivity index (χ3v) is 4.85. The van der Waals surface area contributed by atoms with Gasteiger partial charge in [0.05, 0.1) is 12.4 Å². The lowest BCUT2D eigenvalue weighted by atomic mass is 10.1. The Bertz CT molecular complexity index is 467. The van der Waals surface area contributed by atoms with E-state index in [4.69, 9.17) is 4.74 Å². The molecule has 0 bridgehead atoms. The van der Waals surface area contributed by atoms with E-state index in [1.165, 1.54) is 0 Å². The van der Waals surface area contributed by atoms with E-state index in [9.17, 15) is 4.79 Å². The number of rotatable bonds is 6. The number of ether oxygens (including phenoxy) is 1. The summed E-state index contributed by atoms with van der Waals surface area (Å²) in [4.78, 5) is 14.3. The highest BCUT2D eigenvalue weighted by Gasteiger charge is 2.39. The molecule has 0 aliphatic carbocycles. The normalized spacial score (nSPS) is 22.4. The van der Waals surface area contributed by atoms with Crippen molar-refractivity contribution in [2.24, 2.45) is 0 Å². The molecule has 1 saturated heterocycles. The first-order chi connectivity index (χ1) is 9.69. The molecule has 1 N–H and O–H groups in total. The van der Waals surface area contributed by atoms with Gasteiger partial charge in [-0.1, -0.05) is 18.2 Å². The first-order valence-corrected chi connectivity index (χ1v) is 7.86. The van der Waals surface area contributed by atoms with Crippen molar-refractivity contribution in [3.05, 3.63) is 29.8 Å². The molecule has 1 fully saturated rings. The summed E-state index contributed by atoms with van der Waals surface area (Å²) in [5.41, 5.74) is 1.09. The molecule has 1 heterocycles. The zero-order valence-electron chi connectivity index (χ0n) is 12.3. The summed E-state index contributed by atoms with van der Waals surface area (Å²) in [7, 11) is 3.61. The van der Waals surface area contributed by atoms with Crippen LogP contribution in [0, 0.1) is 0 Å². The predicted molar refractivity (Wildman–Crippen MR) is 83.0 cm³/mol. The van der Waals surface area contributed by atoms with Crippen LogP contribution in [-0.4, -0.2) is 43.3 Å². The van der Waals surface area contributed by atoms with Crippen LogP contribution in [0.5, 0.6) is 5.75 Å². The van der Waals surface area contributed by atoms with Crippen LogP contribution in [0.3, 0.4) is 0 Å². The van der Waals surface area contributed by atoms with Gasteiger partial charge in [-0.15, -0.1) is 11.8 Å². The van der Waals surface area contributed by atoms with Gasteiger partial charge in [0.2, 0.25) is 5.91 Å². The van der Waals surface area contributed by atoms with E-state index < -0.39 is 0 Å². The number of nitrogens with zero attached hydrogens (tertiary/aromatic N) is 1. The highest BCUT2D eigenvalue weighted by atomic mass is 32.2. The summed E-state index contributed by atoms with van der Waals surface area (Å²) in [6.07, 6.45) is 0.959. The zero-order chi connectivity index (χ0) is 14.5. The smallest absolute Gasteiger partial charge is 0.236 e. The summed E-state index contributed by atoms with van der Waals surface area (Å²) in [6, 6.07) is 7.96. The van der Waals surface area contributed by atoms with E-state index >= 15 is 0 Å². The van der Waals surface area contributed by atoms with Crippen molar-refractivity contribution in [2.75, 3.05) is 27.2 Å². The number of hydrogen-bond acceptors (Lipinski definition) is 4. The number of nitrogens with one attached hydrogen (secondary N) is 1. The molecule has 2 rings (SSSR count). The second-order valence-corrected chi connectivity index (χ2v) is 6.29. The maximum Gasteiger partial charge on any atom is 0.236 e. The largest absolute Gasteiger partial charge is 0.496 e. The molecule has 0 saturated carbocycles. The van der Waals surface area contributed by atoms with E-state index in [0.29, 0.717) is 0 Å². The predicted octanol–water partition coefficient (Wildman–Crippen LogP) is 2.27. The van der Waals surface area contributed by atoms with E-state index in [1.54, 1.807) is 18.9 Å². The molecule has 0 radical (unpaired) electrons. The van der Waals surface area contributed by atoms with Gasteiger partial charge in [0.1, 0.15) is 11.1 Å². The molecule has 1 aromatic carbocycles. The van der Waals surface area contributed by atoms with Crippen LogP contribution in [0.1, 0.15) is 24.3 Å². The number of thioether (sulfide) groups is 1. The molecule has 110 valence electrons. The van der Waals surface area contributed by atoms with Gasteiger partial charge in [0, 0.05) is 12.1 Å². The summed E-state index contributed by atoms with van der Waals surface area (Å²) in [5, 5.41) is 3.20. The number of benzene rings is 1. The first kappa shape index (κ1) is 15.2. The van der Waals surface area contributed by atoms with E-state index in [0.717, 1.165) is 30.8 Å². The Balaban J connectivity index is 2.21. The highest BCUT2D eigenvalue weighted by Crippen LogP contribution is 2.45. The van der Waals surface area contributed by atoms with Crippen molar-refractivity contribution in [1.82, 2.24) is 10.2 Å². The maximum atomic E-state index is 12.3. The summed E-state index contributed by atoms with van der Waals surface area (Å²) < 4.78 is 5.44. The molecule has 0 spiro atoms. The van der Waals surface area contributed by atoms with Crippen molar-refractivity contribution >= 4 is 17.7 Å². The maximum absolute atomic E-state index is 12.3. The lowest BCUT2D eigenvalue weighted by molar-refractivity contribution is -0.129. The summed E-state index contributed by atoms with van der Waals surface area (Å²) in [6.45, 7) is 3.68. The number of para-hydroxylation sites is 1. The molecule has 1 aromatic rings. The molecular formula is C15H22N2O2S. The molecule has 4 nitrogen and oxygen atoms in total. The highest BCUT2D eigenvalue weighted by molar-refractivity contribution is 8.01. The van der Waals surface area contributed by atoms with Crippen LogP contribution in [0.4, 0.5) is 0 Å². The van der Waals surface area contributed by atoms with Crippen molar-refractivity contribution in [2.45, 2.75) is 24.0 Å². The Hall–Kier alpha value is -1.20. The Morgan fingerprint density at radius 3 is 2.85 bits per heavy atom. The average molecular weight is 294 g/mol. The van der Waals surface area contributed by atoms with Crippen LogP contribution in [0.25, 0.3) is 0 Å². The minimum atomic E-state index is 0.0134. The Kier molecular flexibility index (Phi) is 5.31. The second kappa shape index (κ2) is 6.99. The Morgan fingerprint density at radius 1 is 1.40 bits per heavy atom. The average Bonchev–Trinajstić information content (AvgIpc) is 2.75. The van der Waals surface area contributed by atoms with Crippen LogP contribution in [0.2, 0.25) is 0 Å². The monoisotopic (exact) mass is 294 g/mol. The van der Waals surface area contributed by atoms with Crippen LogP contribution in [0.15, 0.2) is 24.3 Å². The molecule has 0 aromatic heterocycles. The van der Waals surface area contributed by atoms with E-state index in [-0.39, 0.29) is 16.5 Å². The fraction of sp³-hybridized carbons (Fsp3) is 0.533. The van der Waals surface area contributed by atoms with Crippen molar-refractivity contribution in [3.8, 4) is 5.75 Å². The topological polar surface area (TPSA) is 41.6 Å². The summed E-state index contributed by atoms with van der Waals surface area (Å²) in [5.74, 6) is 1.08. The van der Waals surface area contributed by atoms with Gasteiger partial charge in [-0.25, -0.2) is 0 Å². The molecule has 1 aliphatic heterocycles. The fourth-order valence-corrected chi connectivity index (χ4v) is 3.78. The molecule has 5 heteroatoms. The first-order valence-electron chi connectivity index (χ1n) is 6.92. The minimum absolute atomic E-state index is 0.0134. The number of amides is 1. The number of methoxy groups -OCH3 is 1. The Labute approximate surface area is 124 Å². The van der Waals surface area contributed by atoms with Crippen LogP contribution < -0.4 is 10.1 Å². The van der Waals surface area contributed by atoms with Crippen LogP contribution in [-0.2, 0) is 4.79 Å². The third-order valence-electron chi connectivity index (χ3n) is 3.48. The van der Waals surface area contributed by atoms with E-state index in [1.807, 2.05) is 43.1 Å². The summed E-state index contributed by atoms with van der Waals surface area (Å²) >= 11 is 1.70. The lowest BCUT2D eigenvalue weighted by Gasteiger charge is -2.25. The van der Waals surface area contributed by atoms with Gasteiger partial charge in [-0.2, -0.15) is 0 Å². The minimum Gasteiger partial charge on any atom is -0.496 e. The van der Waals surface area contributed by atoms with Gasteiger partial charge in [-0.3, -0.25) is 4.79 Å². The number of carbonyl (C=O) groups excluding carboxylic acids is 1. The molecular weight excluding hydrogens is 272 g/mol. The molecule has 2 atom stereocenters. The molecule has 1 aliphatic rings. The van der Waals surface area contributed by atoms with Gasteiger partial charge < -0.3 is 15.0 Å². The standard InChI is InChI=1S/C15H22N2O2S/c1-11-14(18)17(10-6-9-16-2)15(20-11)12-7-4-5-8-13(12)19-3/h4-5,7-8,11,15-16H,6,9-10H2,1-3H3/t11-,15+/m1/s1. The van der Waals surface area contributed by atoms with Gasteiger partial charge in [0.25, 0.3) is 0 Å².